The van der Waals surface area contributed by atoms with Crippen LogP contribution in [0.15, 0.2) is 72.8 Å². The third-order valence-electron chi connectivity index (χ3n) is 5.77. The molecule has 4 aromatic rings. The van der Waals surface area contributed by atoms with Crippen LogP contribution < -0.4 is 18.9 Å². The van der Waals surface area contributed by atoms with E-state index in [0.717, 1.165) is 11.1 Å². The van der Waals surface area contributed by atoms with E-state index in [1.807, 2.05) is 48.5 Å². The Morgan fingerprint density at radius 2 is 0.794 bits per heavy atom. The summed E-state index contributed by atoms with van der Waals surface area (Å²) >= 11 is 0. The maximum Gasteiger partial charge on any atom is 0.135 e. The summed E-state index contributed by atoms with van der Waals surface area (Å²) in [7, 11) is 6.23. The van der Waals surface area contributed by atoms with E-state index in [-0.39, 0.29) is 11.5 Å². The molecule has 6 nitrogen and oxygen atoms in total. The van der Waals surface area contributed by atoms with Crippen molar-refractivity contribution in [2.24, 2.45) is 0 Å². The molecular formula is C28H26O6. The molecule has 0 aliphatic heterocycles. The standard InChI is InChI=1S/C28H26O6/c1-31-19-9-5-17(6-10-19)21-13-15-23(33-3)25(27(21)29)26-24(34-4)16-14-22(28(26)30)18-7-11-20(32-2)12-8-18/h5-16,29-30H,1-4H3. The van der Waals surface area contributed by atoms with E-state index in [0.29, 0.717) is 45.3 Å². The second-order valence-electron chi connectivity index (χ2n) is 7.53. The summed E-state index contributed by atoms with van der Waals surface area (Å²) in [6, 6.07) is 21.8. The van der Waals surface area contributed by atoms with E-state index in [1.54, 1.807) is 38.5 Å². The van der Waals surface area contributed by atoms with Gasteiger partial charge >= 0.3 is 0 Å². The Kier molecular flexibility index (Phi) is 6.50. The quantitative estimate of drug-likeness (QED) is 0.347. The first-order chi connectivity index (χ1) is 16.5. The molecule has 0 fully saturated rings. The Labute approximate surface area is 198 Å². The monoisotopic (exact) mass is 458 g/mol. The van der Waals surface area contributed by atoms with Crippen LogP contribution in [0.25, 0.3) is 33.4 Å². The van der Waals surface area contributed by atoms with Gasteiger partial charge in [-0.15, -0.1) is 0 Å². The van der Waals surface area contributed by atoms with Crippen molar-refractivity contribution < 1.29 is 29.2 Å². The zero-order valence-electron chi connectivity index (χ0n) is 19.5. The first-order valence-corrected chi connectivity index (χ1v) is 10.6. The number of hydrogen-bond donors (Lipinski definition) is 2. The number of phenolic OH excluding ortho intramolecular Hbond substituents is 2. The molecule has 0 amide bonds. The molecule has 0 saturated carbocycles. The van der Waals surface area contributed by atoms with Crippen molar-refractivity contribution in [2.45, 2.75) is 0 Å². The van der Waals surface area contributed by atoms with Crippen LogP contribution in [0, 0.1) is 0 Å². The summed E-state index contributed by atoms with van der Waals surface area (Å²) in [5, 5.41) is 22.8. The molecular weight excluding hydrogens is 432 g/mol. The molecule has 34 heavy (non-hydrogen) atoms. The van der Waals surface area contributed by atoms with Gasteiger partial charge in [0, 0.05) is 11.1 Å². The molecule has 0 radical (unpaired) electrons. The summed E-state index contributed by atoms with van der Waals surface area (Å²) in [5.41, 5.74) is 3.39. The van der Waals surface area contributed by atoms with E-state index in [9.17, 15) is 10.2 Å². The summed E-state index contributed by atoms with van der Waals surface area (Å²) in [4.78, 5) is 0. The van der Waals surface area contributed by atoms with Crippen LogP contribution in [0.4, 0.5) is 0 Å². The van der Waals surface area contributed by atoms with E-state index in [2.05, 4.69) is 0 Å². The highest BCUT2D eigenvalue weighted by atomic mass is 16.5. The van der Waals surface area contributed by atoms with Gasteiger partial charge in [-0.1, -0.05) is 24.3 Å². The Morgan fingerprint density at radius 3 is 1.09 bits per heavy atom. The van der Waals surface area contributed by atoms with Crippen molar-refractivity contribution in [2.75, 3.05) is 28.4 Å². The van der Waals surface area contributed by atoms with Crippen molar-refractivity contribution >= 4 is 0 Å². The number of hydrogen-bond acceptors (Lipinski definition) is 6. The lowest BCUT2D eigenvalue weighted by Gasteiger charge is -2.19. The average Bonchev–Trinajstić information content (AvgIpc) is 2.88. The van der Waals surface area contributed by atoms with Gasteiger partial charge in [-0.2, -0.15) is 0 Å². The number of aromatic hydroxyl groups is 2. The van der Waals surface area contributed by atoms with E-state index < -0.39 is 0 Å². The van der Waals surface area contributed by atoms with Crippen LogP contribution in [0.3, 0.4) is 0 Å². The third kappa shape index (κ3) is 4.06. The lowest BCUT2D eigenvalue weighted by Crippen LogP contribution is -1.96. The minimum atomic E-state index is -0.0370. The van der Waals surface area contributed by atoms with Gasteiger partial charge in [0.25, 0.3) is 0 Å². The largest absolute Gasteiger partial charge is 0.507 e. The van der Waals surface area contributed by atoms with Gasteiger partial charge in [0.05, 0.1) is 39.6 Å². The third-order valence-corrected chi connectivity index (χ3v) is 5.77. The fraction of sp³-hybridized carbons (Fsp3) is 0.143. The first-order valence-electron chi connectivity index (χ1n) is 10.6. The second kappa shape index (κ2) is 9.67. The SMILES string of the molecule is COc1ccc(-c2ccc(OC)c(-c3c(OC)ccc(-c4ccc(OC)cc4)c3O)c2O)cc1. The molecule has 6 heteroatoms. The van der Waals surface area contributed by atoms with Crippen LogP contribution >= 0.6 is 0 Å². The summed E-state index contributed by atoms with van der Waals surface area (Å²) in [6.45, 7) is 0. The predicted octanol–water partition coefficient (Wildman–Crippen LogP) is 6.13. The number of phenols is 2. The number of ether oxygens (including phenoxy) is 4. The molecule has 0 aliphatic carbocycles. The Balaban J connectivity index is 1.94. The fourth-order valence-electron chi connectivity index (χ4n) is 3.98. The highest BCUT2D eigenvalue weighted by Crippen LogP contribution is 2.52. The Bertz CT molecular complexity index is 1190. The van der Waals surface area contributed by atoms with Crippen LogP contribution in [-0.4, -0.2) is 38.7 Å². The molecule has 0 spiro atoms. The normalized spacial score (nSPS) is 10.6. The lowest BCUT2D eigenvalue weighted by molar-refractivity contribution is 0.401. The van der Waals surface area contributed by atoms with Crippen LogP contribution in [0.5, 0.6) is 34.5 Å². The molecule has 0 bridgehead atoms. The lowest BCUT2D eigenvalue weighted by atomic mass is 9.92. The molecule has 0 saturated heterocycles. The highest BCUT2D eigenvalue weighted by Gasteiger charge is 2.25. The van der Waals surface area contributed by atoms with Gasteiger partial charge in [-0.25, -0.2) is 0 Å². The number of benzene rings is 4. The van der Waals surface area contributed by atoms with E-state index >= 15 is 0 Å². The van der Waals surface area contributed by atoms with Crippen molar-refractivity contribution in [1.29, 1.82) is 0 Å². The minimum absolute atomic E-state index is 0.0370. The topological polar surface area (TPSA) is 77.4 Å². The maximum atomic E-state index is 11.4. The molecule has 4 rings (SSSR count). The van der Waals surface area contributed by atoms with Crippen LogP contribution in [-0.2, 0) is 0 Å². The summed E-state index contributed by atoms with van der Waals surface area (Å²) < 4.78 is 21.6. The van der Waals surface area contributed by atoms with Gasteiger partial charge in [0.2, 0.25) is 0 Å². The number of methoxy groups -OCH3 is 4. The smallest absolute Gasteiger partial charge is 0.135 e. The van der Waals surface area contributed by atoms with Crippen molar-refractivity contribution in [3.8, 4) is 67.9 Å². The van der Waals surface area contributed by atoms with Gasteiger partial charge in [-0.3, -0.25) is 0 Å². The van der Waals surface area contributed by atoms with Crippen molar-refractivity contribution in [1.82, 2.24) is 0 Å². The molecule has 2 N–H and O–H groups in total. The first kappa shape index (κ1) is 22.9. The molecule has 0 unspecified atom stereocenters. The minimum Gasteiger partial charge on any atom is -0.507 e. The Morgan fingerprint density at radius 1 is 0.441 bits per heavy atom. The molecule has 4 aromatic carbocycles. The average molecular weight is 459 g/mol. The van der Waals surface area contributed by atoms with Gasteiger partial charge in [0.15, 0.2) is 0 Å². The van der Waals surface area contributed by atoms with Crippen LogP contribution in [0.2, 0.25) is 0 Å². The summed E-state index contributed by atoms with van der Waals surface area (Å²) in [6.07, 6.45) is 0. The molecule has 0 aromatic heterocycles. The highest BCUT2D eigenvalue weighted by molar-refractivity contribution is 5.94. The van der Waals surface area contributed by atoms with E-state index in [4.69, 9.17) is 18.9 Å². The van der Waals surface area contributed by atoms with Crippen molar-refractivity contribution in [3.63, 3.8) is 0 Å². The zero-order chi connectivity index (χ0) is 24.2. The Hall–Kier alpha value is -4.32. The zero-order valence-corrected chi connectivity index (χ0v) is 19.5. The second-order valence-corrected chi connectivity index (χ2v) is 7.53. The summed E-state index contributed by atoms with van der Waals surface area (Å²) in [5.74, 6) is 2.15. The van der Waals surface area contributed by atoms with E-state index in [1.165, 1.54) is 14.2 Å². The fourth-order valence-corrected chi connectivity index (χ4v) is 3.98. The van der Waals surface area contributed by atoms with Crippen LogP contribution in [0.1, 0.15) is 0 Å². The molecule has 174 valence electrons. The van der Waals surface area contributed by atoms with Gasteiger partial charge in [0.1, 0.15) is 34.5 Å². The molecule has 0 aliphatic rings. The molecule has 0 atom stereocenters. The van der Waals surface area contributed by atoms with Gasteiger partial charge < -0.3 is 29.2 Å². The number of rotatable bonds is 7. The maximum absolute atomic E-state index is 11.4. The van der Waals surface area contributed by atoms with Gasteiger partial charge in [-0.05, 0) is 59.7 Å². The molecule has 0 heterocycles. The van der Waals surface area contributed by atoms with Crippen molar-refractivity contribution in [3.05, 3.63) is 72.8 Å². The predicted molar refractivity (Wildman–Crippen MR) is 132 cm³/mol.